The number of carbonyl (C=O) groups excluding carboxylic acids is 1. The highest BCUT2D eigenvalue weighted by Crippen LogP contribution is 2.43. The van der Waals surface area contributed by atoms with Gasteiger partial charge in [0.05, 0.1) is 18.0 Å². The SMILES string of the molecule is COc1nc(NC2CC(C)(C(=O)NC3CC3)C2)nn2ccc(-c3ccc4ncccc4c3)c12. The molecule has 0 aliphatic heterocycles. The summed E-state index contributed by atoms with van der Waals surface area (Å²) >= 11 is 0. The van der Waals surface area contributed by atoms with Gasteiger partial charge in [0.1, 0.15) is 5.52 Å². The molecule has 3 heterocycles. The highest BCUT2D eigenvalue weighted by atomic mass is 16.5. The first-order valence-corrected chi connectivity index (χ1v) is 11.4. The third kappa shape index (κ3) is 3.55. The maximum absolute atomic E-state index is 12.5. The first-order chi connectivity index (χ1) is 16.0. The third-order valence-corrected chi connectivity index (χ3v) is 6.77. The summed E-state index contributed by atoms with van der Waals surface area (Å²) in [6.45, 7) is 2.03. The number of anilines is 1. The number of rotatable bonds is 6. The van der Waals surface area contributed by atoms with Gasteiger partial charge in [-0.3, -0.25) is 9.78 Å². The zero-order valence-electron chi connectivity index (χ0n) is 18.7. The van der Waals surface area contributed by atoms with Gasteiger partial charge in [-0.1, -0.05) is 19.1 Å². The second-order valence-electron chi connectivity index (χ2n) is 9.44. The van der Waals surface area contributed by atoms with E-state index in [4.69, 9.17) is 4.74 Å². The smallest absolute Gasteiger partial charge is 0.244 e. The fourth-order valence-electron chi connectivity index (χ4n) is 4.76. The second-order valence-corrected chi connectivity index (χ2v) is 9.44. The van der Waals surface area contributed by atoms with Gasteiger partial charge in [0, 0.05) is 35.4 Å². The van der Waals surface area contributed by atoms with Crippen molar-refractivity contribution in [1.29, 1.82) is 0 Å². The summed E-state index contributed by atoms with van der Waals surface area (Å²) in [6.07, 6.45) is 7.44. The third-order valence-electron chi connectivity index (χ3n) is 6.77. The average molecular weight is 443 g/mol. The van der Waals surface area contributed by atoms with Gasteiger partial charge < -0.3 is 15.4 Å². The maximum atomic E-state index is 12.5. The van der Waals surface area contributed by atoms with Gasteiger partial charge in [-0.2, -0.15) is 4.98 Å². The Morgan fingerprint density at radius 2 is 2.03 bits per heavy atom. The molecule has 3 aromatic heterocycles. The van der Waals surface area contributed by atoms with Gasteiger partial charge in [-0.05, 0) is 55.5 Å². The highest BCUT2D eigenvalue weighted by molar-refractivity contribution is 5.90. The van der Waals surface area contributed by atoms with Crippen LogP contribution in [-0.2, 0) is 4.79 Å². The fourth-order valence-corrected chi connectivity index (χ4v) is 4.76. The van der Waals surface area contributed by atoms with Gasteiger partial charge in [0.15, 0.2) is 0 Å². The van der Waals surface area contributed by atoms with Gasteiger partial charge >= 0.3 is 0 Å². The summed E-state index contributed by atoms with van der Waals surface area (Å²) in [6, 6.07) is 12.7. The number of ether oxygens (including phenoxy) is 1. The molecule has 0 bridgehead atoms. The number of fused-ring (bicyclic) bond motifs is 2. The van der Waals surface area contributed by atoms with Crippen LogP contribution in [0.5, 0.6) is 5.88 Å². The summed E-state index contributed by atoms with van der Waals surface area (Å²) < 4.78 is 7.45. The van der Waals surface area contributed by atoms with Crippen molar-refractivity contribution < 1.29 is 9.53 Å². The molecular weight excluding hydrogens is 416 g/mol. The Balaban J connectivity index is 1.25. The van der Waals surface area contributed by atoms with E-state index in [1.807, 2.05) is 31.3 Å². The fraction of sp³-hybridized carbons (Fsp3) is 0.360. The van der Waals surface area contributed by atoms with Crippen molar-refractivity contribution in [3.63, 3.8) is 0 Å². The van der Waals surface area contributed by atoms with Crippen molar-refractivity contribution in [1.82, 2.24) is 24.9 Å². The number of amides is 1. The molecule has 168 valence electrons. The minimum atomic E-state index is -0.319. The zero-order valence-corrected chi connectivity index (χ0v) is 18.7. The van der Waals surface area contributed by atoms with Crippen LogP contribution >= 0.6 is 0 Å². The van der Waals surface area contributed by atoms with Crippen LogP contribution < -0.4 is 15.4 Å². The molecule has 6 rings (SSSR count). The van der Waals surface area contributed by atoms with Crippen molar-refractivity contribution in [3.05, 3.63) is 48.8 Å². The van der Waals surface area contributed by atoms with Crippen molar-refractivity contribution in [2.24, 2.45) is 5.41 Å². The van der Waals surface area contributed by atoms with Crippen LogP contribution in [0.25, 0.3) is 27.5 Å². The molecule has 2 N–H and O–H groups in total. The van der Waals surface area contributed by atoms with E-state index in [1.165, 1.54) is 0 Å². The van der Waals surface area contributed by atoms with Gasteiger partial charge in [0.25, 0.3) is 0 Å². The topological polar surface area (TPSA) is 93.4 Å². The second kappa shape index (κ2) is 7.43. The Morgan fingerprint density at radius 3 is 2.82 bits per heavy atom. The number of hydrogen-bond acceptors (Lipinski definition) is 6. The van der Waals surface area contributed by atoms with Crippen molar-refractivity contribution in [2.75, 3.05) is 12.4 Å². The van der Waals surface area contributed by atoms with Crippen LogP contribution in [0.15, 0.2) is 48.8 Å². The van der Waals surface area contributed by atoms with E-state index < -0.39 is 0 Å². The van der Waals surface area contributed by atoms with E-state index in [0.29, 0.717) is 17.9 Å². The Bertz CT molecular complexity index is 1370. The molecule has 0 radical (unpaired) electrons. The number of hydrogen-bond donors (Lipinski definition) is 2. The van der Waals surface area contributed by atoms with Gasteiger partial charge in [-0.25, -0.2) is 4.52 Å². The standard InChI is InChI=1S/C25H26N6O2/c1-25(23(32)27-17-6-7-17)13-18(14-25)28-24-29-22(33-2)21-19(9-11-31(21)30-24)15-5-8-20-16(12-15)4-3-10-26-20/h3-5,8-12,17-18H,6-7,13-14H2,1-2H3,(H,27,32)(H,28,30). The Labute approximate surface area is 191 Å². The number of aromatic nitrogens is 4. The molecular formula is C25H26N6O2. The monoisotopic (exact) mass is 442 g/mol. The lowest BCUT2D eigenvalue weighted by Crippen LogP contribution is -2.53. The lowest BCUT2D eigenvalue weighted by molar-refractivity contribution is -0.135. The zero-order chi connectivity index (χ0) is 22.6. The summed E-state index contributed by atoms with van der Waals surface area (Å²) in [5.74, 6) is 1.17. The van der Waals surface area contributed by atoms with E-state index in [9.17, 15) is 4.79 Å². The first-order valence-electron chi connectivity index (χ1n) is 11.4. The van der Waals surface area contributed by atoms with Gasteiger partial charge in [-0.15, -0.1) is 5.10 Å². The van der Waals surface area contributed by atoms with Crippen LogP contribution in [0, 0.1) is 5.41 Å². The molecule has 1 amide bonds. The van der Waals surface area contributed by atoms with Gasteiger partial charge in [0.2, 0.25) is 17.7 Å². The van der Waals surface area contributed by atoms with E-state index in [0.717, 1.165) is 53.2 Å². The Hall–Kier alpha value is -3.68. The van der Waals surface area contributed by atoms with Crippen LogP contribution in [0.3, 0.4) is 0 Å². The first kappa shape index (κ1) is 20.0. The molecule has 2 fully saturated rings. The predicted molar refractivity (Wildman–Crippen MR) is 126 cm³/mol. The minimum Gasteiger partial charge on any atom is -0.479 e. The van der Waals surface area contributed by atoms with E-state index in [2.05, 4.69) is 43.9 Å². The lowest BCUT2D eigenvalue weighted by atomic mass is 9.66. The molecule has 33 heavy (non-hydrogen) atoms. The minimum absolute atomic E-state index is 0.158. The summed E-state index contributed by atoms with van der Waals surface area (Å²) in [5, 5.41) is 12.3. The largest absolute Gasteiger partial charge is 0.479 e. The highest BCUT2D eigenvalue weighted by Gasteiger charge is 2.47. The van der Waals surface area contributed by atoms with E-state index in [-0.39, 0.29) is 17.4 Å². The van der Waals surface area contributed by atoms with Crippen molar-refractivity contribution in [2.45, 2.75) is 44.7 Å². The summed E-state index contributed by atoms with van der Waals surface area (Å²) in [5.41, 5.74) is 3.50. The number of pyridine rings is 1. The van der Waals surface area contributed by atoms with Crippen LogP contribution in [0.4, 0.5) is 5.95 Å². The molecule has 1 aromatic carbocycles. The molecule has 0 atom stereocenters. The maximum Gasteiger partial charge on any atom is 0.244 e. The average Bonchev–Trinajstić information content (AvgIpc) is 3.52. The van der Waals surface area contributed by atoms with Crippen molar-refractivity contribution >= 4 is 28.3 Å². The Morgan fingerprint density at radius 1 is 1.18 bits per heavy atom. The number of carbonyl (C=O) groups is 1. The molecule has 4 aromatic rings. The number of methoxy groups -OCH3 is 1. The summed E-state index contributed by atoms with van der Waals surface area (Å²) in [4.78, 5) is 21.5. The number of benzene rings is 1. The molecule has 0 unspecified atom stereocenters. The molecule has 8 nitrogen and oxygen atoms in total. The molecule has 2 aliphatic carbocycles. The van der Waals surface area contributed by atoms with E-state index in [1.54, 1.807) is 17.8 Å². The molecule has 0 spiro atoms. The molecule has 2 aliphatic rings. The lowest BCUT2D eigenvalue weighted by Gasteiger charge is -2.44. The van der Waals surface area contributed by atoms with Crippen LogP contribution in [-0.4, -0.2) is 44.7 Å². The normalized spacial score (nSPS) is 22.2. The van der Waals surface area contributed by atoms with E-state index >= 15 is 0 Å². The molecule has 0 saturated heterocycles. The number of nitrogens with zero attached hydrogens (tertiary/aromatic N) is 4. The predicted octanol–water partition coefficient (Wildman–Crippen LogP) is 3.81. The molecule has 8 heteroatoms. The quantitative estimate of drug-likeness (QED) is 0.472. The van der Waals surface area contributed by atoms with Crippen LogP contribution in [0.1, 0.15) is 32.6 Å². The summed E-state index contributed by atoms with van der Waals surface area (Å²) in [7, 11) is 1.62. The van der Waals surface area contributed by atoms with Crippen molar-refractivity contribution in [3.8, 4) is 17.0 Å². The number of nitrogens with one attached hydrogen (secondary N) is 2. The van der Waals surface area contributed by atoms with Crippen LogP contribution in [0.2, 0.25) is 0 Å². The molecule has 2 saturated carbocycles. The Kier molecular flexibility index (Phi) is 4.50.